The van der Waals surface area contributed by atoms with Crippen molar-refractivity contribution in [2.45, 2.75) is 36.3 Å². The number of carbonyl (C=O) groups excluding carboxylic acids is 1. The molecule has 2 saturated heterocycles. The Bertz CT molecular complexity index is 1550. The van der Waals surface area contributed by atoms with Gasteiger partial charge in [0.05, 0.1) is 33.5 Å². The third kappa shape index (κ3) is 7.08. The lowest BCUT2D eigenvalue weighted by atomic mass is 9.80. The van der Waals surface area contributed by atoms with Gasteiger partial charge in [-0.1, -0.05) is 84.9 Å². The number of methoxy groups -OCH3 is 2. The van der Waals surface area contributed by atoms with Crippen LogP contribution >= 0.6 is 8.53 Å². The van der Waals surface area contributed by atoms with Crippen molar-refractivity contribution < 1.29 is 37.2 Å². The Hall–Kier alpha value is -3.79. The van der Waals surface area contributed by atoms with E-state index in [9.17, 15) is 9.18 Å². The molecule has 2 aliphatic heterocycles. The van der Waals surface area contributed by atoms with Crippen LogP contribution in [0.15, 0.2) is 109 Å². The molecule has 3 unspecified atom stereocenters. The standard InChI is InChI=1S/C36H36BFNO7P/c1-41-29-17-13-27(14-18-29)36(26-11-7-4-8-12-26,28-15-19-30(42-2)20-16-28)43-24-33-31(21-34(37)44-33)45-47-39(35(40)22-38)23-32(46-47)25-9-5-3-6-10-25/h3-20,31-34H,21-24H2,1-2H3/t31?,32?,33-,34-,47?/m1/s1. The Morgan fingerprint density at radius 3 is 1.98 bits per heavy atom. The van der Waals surface area contributed by atoms with Crippen molar-refractivity contribution >= 4 is 22.3 Å². The Labute approximate surface area is 277 Å². The minimum Gasteiger partial charge on any atom is -0.497 e. The first-order valence-electron chi connectivity index (χ1n) is 15.4. The summed E-state index contributed by atoms with van der Waals surface area (Å²) in [5.41, 5.74) is 2.42. The van der Waals surface area contributed by atoms with Crippen LogP contribution < -0.4 is 9.47 Å². The molecule has 1 amide bonds. The van der Waals surface area contributed by atoms with Gasteiger partial charge in [-0.2, -0.15) is 0 Å². The van der Waals surface area contributed by atoms with Gasteiger partial charge in [-0.3, -0.25) is 9.46 Å². The van der Waals surface area contributed by atoms with E-state index < -0.39 is 51.0 Å². The second kappa shape index (κ2) is 15.0. The normalized spacial score (nSPS) is 22.7. The summed E-state index contributed by atoms with van der Waals surface area (Å²) >= 11 is 0. The van der Waals surface area contributed by atoms with Gasteiger partial charge >= 0.3 is 0 Å². The summed E-state index contributed by atoms with van der Waals surface area (Å²) in [7, 11) is 7.63. The fourth-order valence-corrected chi connectivity index (χ4v) is 7.66. The molecule has 2 heterocycles. The van der Waals surface area contributed by atoms with Gasteiger partial charge in [-0.15, -0.1) is 0 Å². The molecule has 0 bridgehead atoms. The van der Waals surface area contributed by atoms with Gasteiger partial charge in [0.15, 0.2) is 6.67 Å². The number of nitrogens with zero attached hydrogens (tertiary/aromatic N) is 1. The molecule has 5 atom stereocenters. The number of halogens is 1. The fraction of sp³-hybridized carbons (Fsp3) is 0.306. The zero-order chi connectivity index (χ0) is 32.8. The van der Waals surface area contributed by atoms with Gasteiger partial charge in [0.1, 0.15) is 37.2 Å². The fourth-order valence-electron chi connectivity index (χ4n) is 6.00. The average molecular weight is 655 g/mol. The summed E-state index contributed by atoms with van der Waals surface area (Å²) in [6, 6.07) is 34.3. The zero-order valence-corrected chi connectivity index (χ0v) is 27.1. The molecule has 11 heteroatoms. The van der Waals surface area contributed by atoms with Gasteiger partial charge < -0.3 is 28.0 Å². The van der Waals surface area contributed by atoms with Gasteiger partial charge in [0.2, 0.25) is 0 Å². The van der Waals surface area contributed by atoms with E-state index in [1.807, 2.05) is 109 Å². The number of ether oxygens (including phenoxy) is 4. The van der Waals surface area contributed by atoms with E-state index in [-0.39, 0.29) is 13.2 Å². The average Bonchev–Trinajstić information content (AvgIpc) is 3.72. The first-order chi connectivity index (χ1) is 22.9. The van der Waals surface area contributed by atoms with E-state index in [0.717, 1.165) is 22.3 Å². The molecule has 0 aromatic heterocycles. The summed E-state index contributed by atoms with van der Waals surface area (Å²) in [5.74, 6) is 0.737. The molecular weight excluding hydrogens is 619 g/mol. The molecule has 0 N–H and O–H groups in total. The molecule has 242 valence electrons. The lowest BCUT2D eigenvalue weighted by Crippen LogP contribution is -2.38. The van der Waals surface area contributed by atoms with Crippen molar-refractivity contribution in [3.05, 3.63) is 131 Å². The summed E-state index contributed by atoms with van der Waals surface area (Å²) < 4.78 is 51.8. The number of hydrogen-bond donors (Lipinski definition) is 0. The molecule has 0 saturated carbocycles. The molecule has 6 rings (SSSR count). The molecule has 0 aliphatic carbocycles. The van der Waals surface area contributed by atoms with Crippen LogP contribution in [0.25, 0.3) is 0 Å². The van der Waals surface area contributed by atoms with Crippen molar-refractivity contribution in [1.82, 2.24) is 4.67 Å². The minimum atomic E-state index is -1.93. The van der Waals surface area contributed by atoms with Crippen molar-refractivity contribution in [2.75, 3.05) is 34.0 Å². The maximum atomic E-state index is 13.7. The van der Waals surface area contributed by atoms with Crippen LogP contribution in [-0.2, 0) is 28.9 Å². The molecule has 2 fully saturated rings. The lowest BCUT2D eigenvalue weighted by molar-refractivity contribution is -0.127. The lowest BCUT2D eigenvalue weighted by Gasteiger charge is -2.37. The second-order valence-corrected chi connectivity index (χ2v) is 12.6. The van der Waals surface area contributed by atoms with Gasteiger partial charge in [0.25, 0.3) is 14.4 Å². The first-order valence-corrected chi connectivity index (χ1v) is 16.5. The number of hydrogen-bond acceptors (Lipinski definition) is 7. The number of amides is 1. The minimum absolute atomic E-state index is 0.0770. The van der Waals surface area contributed by atoms with Crippen LogP contribution in [0.3, 0.4) is 0 Å². The number of alkyl halides is 1. The third-order valence-electron chi connectivity index (χ3n) is 8.42. The summed E-state index contributed by atoms with van der Waals surface area (Å²) in [5, 5.41) is 0. The number of carbonyl (C=O) groups is 1. The van der Waals surface area contributed by atoms with E-state index in [1.54, 1.807) is 14.2 Å². The predicted octanol–water partition coefficient (Wildman–Crippen LogP) is 6.48. The Morgan fingerprint density at radius 2 is 1.43 bits per heavy atom. The number of rotatable bonds is 12. The SMILES string of the molecule is [B][C@H]1CC(OP2OC(c3ccccc3)CN2C(=O)CF)[C@@H](COC(c2ccccc2)(c2ccc(OC)cc2)c2ccc(OC)cc2)O1. The highest BCUT2D eigenvalue weighted by Gasteiger charge is 2.46. The van der Waals surface area contributed by atoms with Crippen LogP contribution in [0.2, 0.25) is 0 Å². The summed E-state index contributed by atoms with van der Waals surface area (Å²) in [6.45, 7) is -0.886. The van der Waals surface area contributed by atoms with Crippen LogP contribution in [-0.4, -0.2) is 70.7 Å². The number of benzene rings is 4. The maximum Gasteiger partial charge on any atom is 0.293 e. The van der Waals surface area contributed by atoms with Crippen LogP contribution in [0, 0.1) is 0 Å². The molecule has 2 aliphatic rings. The van der Waals surface area contributed by atoms with E-state index in [4.69, 9.17) is 35.8 Å². The van der Waals surface area contributed by atoms with Crippen molar-refractivity contribution in [3.8, 4) is 11.5 Å². The van der Waals surface area contributed by atoms with Gasteiger partial charge in [-0.25, -0.2) is 4.39 Å². The van der Waals surface area contributed by atoms with Crippen molar-refractivity contribution in [2.24, 2.45) is 0 Å². The molecule has 0 spiro atoms. The van der Waals surface area contributed by atoms with Crippen LogP contribution in [0.1, 0.15) is 34.8 Å². The molecular formula is C36H36BFNO7P. The highest BCUT2D eigenvalue weighted by molar-refractivity contribution is 7.45. The highest BCUT2D eigenvalue weighted by atomic mass is 31.2. The Morgan fingerprint density at radius 1 is 0.872 bits per heavy atom. The van der Waals surface area contributed by atoms with Crippen LogP contribution in [0.5, 0.6) is 11.5 Å². The monoisotopic (exact) mass is 655 g/mol. The highest BCUT2D eigenvalue weighted by Crippen LogP contribution is 2.56. The molecule has 47 heavy (non-hydrogen) atoms. The Kier molecular flexibility index (Phi) is 10.6. The molecule has 4 aromatic rings. The van der Waals surface area contributed by atoms with E-state index >= 15 is 0 Å². The molecule has 2 radical (unpaired) electrons. The zero-order valence-electron chi connectivity index (χ0n) is 26.2. The Balaban J connectivity index is 1.31. The quantitative estimate of drug-likeness (QED) is 0.0984. The van der Waals surface area contributed by atoms with E-state index in [0.29, 0.717) is 17.9 Å². The van der Waals surface area contributed by atoms with Crippen LogP contribution in [0.4, 0.5) is 4.39 Å². The van der Waals surface area contributed by atoms with E-state index in [1.165, 1.54) is 4.67 Å². The maximum absolute atomic E-state index is 13.7. The van der Waals surface area contributed by atoms with Crippen molar-refractivity contribution in [3.63, 3.8) is 0 Å². The largest absolute Gasteiger partial charge is 0.497 e. The van der Waals surface area contributed by atoms with Gasteiger partial charge in [-0.05, 0) is 52.9 Å². The predicted molar refractivity (Wildman–Crippen MR) is 177 cm³/mol. The summed E-state index contributed by atoms with van der Waals surface area (Å²) in [4.78, 5) is 12.6. The van der Waals surface area contributed by atoms with E-state index in [2.05, 4.69) is 0 Å². The summed E-state index contributed by atoms with van der Waals surface area (Å²) in [6.07, 6.45) is -1.30. The second-order valence-electron chi connectivity index (χ2n) is 11.3. The molecule has 4 aromatic carbocycles. The van der Waals surface area contributed by atoms with Crippen molar-refractivity contribution in [1.29, 1.82) is 0 Å². The smallest absolute Gasteiger partial charge is 0.293 e. The molecule has 8 nitrogen and oxygen atoms in total. The third-order valence-corrected chi connectivity index (χ3v) is 10.1. The van der Waals surface area contributed by atoms with Gasteiger partial charge in [0, 0.05) is 6.00 Å². The topological polar surface area (TPSA) is 75.7 Å². The first kappa shape index (κ1) is 33.1.